The van der Waals surface area contributed by atoms with E-state index in [0.29, 0.717) is 11.6 Å². The normalized spacial score (nSPS) is 10.7. The van der Waals surface area contributed by atoms with Gasteiger partial charge in [-0.25, -0.2) is 4.79 Å². The number of phenols is 3. The van der Waals surface area contributed by atoms with Crippen molar-refractivity contribution in [2.75, 3.05) is 0 Å². The molecule has 0 bridgehead atoms. The van der Waals surface area contributed by atoms with Crippen molar-refractivity contribution in [2.24, 2.45) is 0 Å². The summed E-state index contributed by atoms with van der Waals surface area (Å²) in [5, 5.41) is 37.6. The average Bonchev–Trinajstić information content (AvgIpc) is 2.50. The number of hydrogen-bond donors (Lipinski definition) is 4. The van der Waals surface area contributed by atoms with Gasteiger partial charge in [0, 0.05) is 0 Å². The van der Waals surface area contributed by atoms with Crippen molar-refractivity contribution in [3.8, 4) is 17.2 Å². The molecule has 2 aromatic carbocycles. The summed E-state index contributed by atoms with van der Waals surface area (Å²) in [4.78, 5) is 23.3. The molecule has 0 atom stereocenters. The number of phenolic OH excluding ortho intramolecular Hbond substituents is 3. The summed E-state index contributed by atoms with van der Waals surface area (Å²) in [7, 11) is 0. The maximum absolute atomic E-state index is 12.1. The monoisotopic (exact) mass is 300 g/mol. The van der Waals surface area contributed by atoms with Gasteiger partial charge in [0.25, 0.3) is 0 Å². The first-order valence-corrected chi connectivity index (χ1v) is 6.20. The fourth-order valence-corrected chi connectivity index (χ4v) is 1.88. The van der Waals surface area contributed by atoms with Crippen LogP contribution in [-0.4, -0.2) is 32.2 Å². The fourth-order valence-electron chi connectivity index (χ4n) is 1.88. The number of rotatable bonds is 4. The van der Waals surface area contributed by atoms with Gasteiger partial charge in [-0.3, -0.25) is 4.79 Å². The van der Waals surface area contributed by atoms with Crippen LogP contribution >= 0.6 is 0 Å². The number of benzene rings is 2. The van der Waals surface area contributed by atoms with Gasteiger partial charge in [-0.1, -0.05) is 36.4 Å². The number of ketones is 1. The fraction of sp³-hybridized carbons (Fsp3) is 0. The number of aromatic carboxylic acids is 1. The molecule has 0 fully saturated rings. The number of carbonyl (C=O) groups is 2. The number of carbonyl (C=O) groups excluding carboxylic acids is 1. The van der Waals surface area contributed by atoms with Gasteiger partial charge in [-0.2, -0.15) is 0 Å². The summed E-state index contributed by atoms with van der Waals surface area (Å²) in [6, 6.07) is 9.49. The van der Waals surface area contributed by atoms with Crippen LogP contribution in [0.5, 0.6) is 17.2 Å². The summed E-state index contributed by atoms with van der Waals surface area (Å²) in [5.41, 5.74) is -0.485. The van der Waals surface area contributed by atoms with E-state index in [0.717, 1.165) is 6.08 Å². The molecule has 0 aliphatic rings. The first-order valence-electron chi connectivity index (χ1n) is 6.20. The van der Waals surface area contributed by atoms with Gasteiger partial charge in [0.2, 0.25) is 5.75 Å². The van der Waals surface area contributed by atoms with Crippen LogP contribution in [0.1, 0.15) is 26.3 Å². The second kappa shape index (κ2) is 6.01. The Kier molecular flexibility index (Phi) is 4.13. The lowest BCUT2D eigenvalue weighted by molar-refractivity contribution is 0.0691. The van der Waals surface area contributed by atoms with Gasteiger partial charge in [0.05, 0.1) is 11.1 Å². The second-order valence-corrected chi connectivity index (χ2v) is 4.43. The van der Waals surface area contributed by atoms with Crippen molar-refractivity contribution in [1.29, 1.82) is 0 Å². The average molecular weight is 300 g/mol. The Morgan fingerprint density at radius 2 is 1.59 bits per heavy atom. The lowest BCUT2D eigenvalue weighted by Gasteiger charge is -2.09. The van der Waals surface area contributed by atoms with Crippen LogP contribution in [0.25, 0.3) is 6.08 Å². The Morgan fingerprint density at radius 1 is 0.955 bits per heavy atom. The standard InChI is InChI=1S/C16H12O6/c17-11(7-6-9-4-2-1-3-5-9)13-10(16(21)22)8-12(18)14(19)15(13)20/h1-8,18-20H,(H,21,22). The minimum Gasteiger partial charge on any atom is -0.504 e. The molecule has 0 spiro atoms. The Bertz CT molecular complexity index is 762. The SMILES string of the molecule is O=C(O)c1cc(O)c(O)c(O)c1C(=O)C=Cc1ccccc1. The highest BCUT2D eigenvalue weighted by atomic mass is 16.4. The third kappa shape index (κ3) is 2.90. The number of carboxylic acids is 1. The molecule has 0 aliphatic heterocycles. The first-order chi connectivity index (χ1) is 10.4. The van der Waals surface area contributed by atoms with Gasteiger partial charge in [0.15, 0.2) is 17.3 Å². The van der Waals surface area contributed by atoms with Gasteiger partial charge < -0.3 is 20.4 Å². The second-order valence-electron chi connectivity index (χ2n) is 4.43. The van der Waals surface area contributed by atoms with Gasteiger partial charge in [-0.15, -0.1) is 0 Å². The van der Waals surface area contributed by atoms with Crippen molar-refractivity contribution in [3.05, 3.63) is 59.2 Å². The topological polar surface area (TPSA) is 115 Å². The van der Waals surface area contributed by atoms with E-state index in [-0.39, 0.29) is 0 Å². The Morgan fingerprint density at radius 3 is 2.18 bits per heavy atom. The maximum Gasteiger partial charge on any atom is 0.336 e. The van der Waals surface area contributed by atoms with E-state index < -0.39 is 40.1 Å². The quantitative estimate of drug-likeness (QED) is 0.391. The molecule has 2 aromatic rings. The third-order valence-corrected chi connectivity index (χ3v) is 2.96. The zero-order chi connectivity index (χ0) is 16.3. The zero-order valence-electron chi connectivity index (χ0n) is 11.2. The van der Waals surface area contributed by atoms with E-state index in [4.69, 9.17) is 5.11 Å². The van der Waals surface area contributed by atoms with E-state index in [1.54, 1.807) is 30.3 Å². The molecule has 112 valence electrons. The van der Waals surface area contributed by atoms with Crippen LogP contribution in [0.3, 0.4) is 0 Å². The molecule has 0 saturated heterocycles. The highest BCUT2D eigenvalue weighted by Crippen LogP contribution is 2.40. The molecular formula is C16H12O6. The summed E-state index contributed by atoms with van der Waals surface area (Å²) in [5.74, 6) is -5.06. The van der Waals surface area contributed by atoms with E-state index in [1.165, 1.54) is 6.08 Å². The van der Waals surface area contributed by atoms with Crippen LogP contribution in [-0.2, 0) is 0 Å². The Balaban J connectivity index is 2.47. The van der Waals surface area contributed by atoms with Crippen LogP contribution in [0.4, 0.5) is 0 Å². The summed E-state index contributed by atoms with van der Waals surface area (Å²) >= 11 is 0. The molecule has 0 amide bonds. The van der Waals surface area contributed by atoms with Crippen molar-refractivity contribution in [1.82, 2.24) is 0 Å². The predicted octanol–water partition coefficient (Wildman–Crippen LogP) is 2.40. The molecule has 22 heavy (non-hydrogen) atoms. The Labute approximate surface area is 125 Å². The Hall–Kier alpha value is -3.28. The molecule has 0 unspecified atom stereocenters. The molecule has 0 saturated carbocycles. The third-order valence-electron chi connectivity index (χ3n) is 2.96. The predicted molar refractivity (Wildman–Crippen MR) is 78.2 cm³/mol. The molecular weight excluding hydrogens is 288 g/mol. The largest absolute Gasteiger partial charge is 0.504 e. The first kappa shape index (κ1) is 15.1. The highest BCUT2D eigenvalue weighted by molar-refractivity contribution is 6.15. The minimum absolute atomic E-state index is 0.588. The van der Waals surface area contributed by atoms with Gasteiger partial charge in [-0.05, 0) is 17.7 Å². The lowest BCUT2D eigenvalue weighted by atomic mass is 10.00. The molecule has 4 N–H and O–H groups in total. The van der Waals surface area contributed by atoms with Crippen molar-refractivity contribution < 1.29 is 30.0 Å². The number of allylic oxidation sites excluding steroid dienone is 1. The molecule has 0 aromatic heterocycles. The van der Waals surface area contributed by atoms with E-state index in [9.17, 15) is 24.9 Å². The van der Waals surface area contributed by atoms with E-state index in [1.807, 2.05) is 0 Å². The lowest BCUT2D eigenvalue weighted by Crippen LogP contribution is -2.07. The van der Waals surface area contributed by atoms with Crippen LogP contribution in [0.2, 0.25) is 0 Å². The van der Waals surface area contributed by atoms with Crippen molar-refractivity contribution >= 4 is 17.8 Å². The maximum atomic E-state index is 12.1. The molecule has 6 heteroatoms. The number of hydrogen-bond acceptors (Lipinski definition) is 5. The molecule has 0 aliphatic carbocycles. The number of aromatic hydroxyl groups is 3. The minimum atomic E-state index is -1.51. The zero-order valence-corrected chi connectivity index (χ0v) is 11.2. The number of carboxylic acid groups (broad SMARTS) is 1. The van der Waals surface area contributed by atoms with Gasteiger partial charge in [0.1, 0.15) is 0 Å². The van der Waals surface area contributed by atoms with Crippen molar-refractivity contribution in [3.63, 3.8) is 0 Å². The van der Waals surface area contributed by atoms with E-state index >= 15 is 0 Å². The molecule has 0 heterocycles. The summed E-state index contributed by atoms with van der Waals surface area (Å²) in [6.45, 7) is 0. The summed E-state index contributed by atoms with van der Waals surface area (Å²) < 4.78 is 0. The van der Waals surface area contributed by atoms with Crippen LogP contribution in [0, 0.1) is 0 Å². The van der Waals surface area contributed by atoms with E-state index in [2.05, 4.69) is 0 Å². The smallest absolute Gasteiger partial charge is 0.336 e. The van der Waals surface area contributed by atoms with Crippen LogP contribution < -0.4 is 0 Å². The molecule has 6 nitrogen and oxygen atoms in total. The molecule has 2 rings (SSSR count). The molecule has 0 radical (unpaired) electrons. The van der Waals surface area contributed by atoms with Gasteiger partial charge >= 0.3 is 5.97 Å². The van der Waals surface area contributed by atoms with Crippen LogP contribution in [0.15, 0.2) is 42.5 Å². The highest BCUT2D eigenvalue weighted by Gasteiger charge is 2.24. The van der Waals surface area contributed by atoms with Crippen molar-refractivity contribution in [2.45, 2.75) is 0 Å². The summed E-state index contributed by atoms with van der Waals surface area (Å²) in [6.07, 6.45) is 2.52.